The van der Waals surface area contributed by atoms with Crippen LogP contribution in [0.4, 0.5) is 0 Å². The van der Waals surface area contributed by atoms with Gasteiger partial charge in [-0.1, -0.05) is 18.6 Å². The molecule has 2 amide bonds. The lowest BCUT2D eigenvalue weighted by Gasteiger charge is -2.38. The molecular formula is C17H22N2O4. The molecule has 1 aromatic carbocycles. The van der Waals surface area contributed by atoms with Crippen molar-refractivity contribution in [3.05, 3.63) is 35.4 Å². The fraction of sp³-hybridized carbons (Fsp3) is 0.471. The second-order valence-corrected chi connectivity index (χ2v) is 6.14. The van der Waals surface area contributed by atoms with Gasteiger partial charge in [0.2, 0.25) is 5.91 Å². The van der Waals surface area contributed by atoms with E-state index >= 15 is 0 Å². The van der Waals surface area contributed by atoms with Gasteiger partial charge in [-0.2, -0.15) is 0 Å². The first kappa shape index (κ1) is 17.0. The Morgan fingerprint density at radius 2 is 1.83 bits per heavy atom. The molecule has 0 unspecified atom stereocenters. The van der Waals surface area contributed by atoms with E-state index in [1.807, 2.05) is 0 Å². The number of carbonyl (C=O) groups excluding carboxylic acids is 2. The maximum absolute atomic E-state index is 12.3. The molecule has 6 nitrogen and oxygen atoms in total. The summed E-state index contributed by atoms with van der Waals surface area (Å²) in [5.41, 5.74) is 0.588. The molecule has 2 rings (SSSR count). The topological polar surface area (TPSA) is 86.7 Å². The van der Waals surface area contributed by atoms with Crippen molar-refractivity contribution in [2.45, 2.75) is 32.2 Å². The Morgan fingerprint density at radius 3 is 2.26 bits per heavy atom. The van der Waals surface area contributed by atoms with Crippen LogP contribution in [0.3, 0.4) is 0 Å². The van der Waals surface area contributed by atoms with Gasteiger partial charge in [0.05, 0.1) is 5.41 Å². The Hall–Kier alpha value is -2.37. The molecule has 0 aliphatic heterocycles. The third-order valence-electron chi connectivity index (χ3n) is 4.54. The highest BCUT2D eigenvalue weighted by Crippen LogP contribution is 2.44. The number of hydrogen-bond acceptors (Lipinski definition) is 3. The van der Waals surface area contributed by atoms with Gasteiger partial charge in [0.1, 0.15) is 0 Å². The summed E-state index contributed by atoms with van der Waals surface area (Å²) < 4.78 is 0. The summed E-state index contributed by atoms with van der Waals surface area (Å²) in [4.78, 5) is 36.6. The average Bonchev–Trinajstić information content (AvgIpc) is 2.50. The third-order valence-corrected chi connectivity index (χ3v) is 4.54. The van der Waals surface area contributed by atoms with Crippen molar-refractivity contribution in [1.82, 2.24) is 10.2 Å². The summed E-state index contributed by atoms with van der Waals surface area (Å²) in [7, 11) is 3.24. The van der Waals surface area contributed by atoms with Gasteiger partial charge in [-0.05, 0) is 30.5 Å². The molecule has 124 valence electrons. The predicted molar refractivity (Wildman–Crippen MR) is 84.8 cm³/mol. The highest BCUT2D eigenvalue weighted by atomic mass is 16.4. The minimum absolute atomic E-state index is 0.0508. The van der Waals surface area contributed by atoms with Gasteiger partial charge in [0.25, 0.3) is 5.91 Å². The number of amides is 2. The zero-order valence-electron chi connectivity index (χ0n) is 13.5. The minimum Gasteiger partial charge on any atom is -0.481 e. The lowest BCUT2D eigenvalue weighted by atomic mass is 9.66. The van der Waals surface area contributed by atoms with Gasteiger partial charge in [-0.3, -0.25) is 14.4 Å². The number of carboxylic acids is 1. The molecule has 0 saturated heterocycles. The largest absolute Gasteiger partial charge is 0.481 e. The quantitative estimate of drug-likeness (QED) is 0.835. The molecule has 23 heavy (non-hydrogen) atoms. The lowest BCUT2D eigenvalue weighted by molar-refractivity contribution is -0.159. The number of rotatable bonds is 6. The van der Waals surface area contributed by atoms with Crippen LogP contribution < -0.4 is 5.32 Å². The van der Waals surface area contributed by atoms with E-state index < -0.39 is 11.4 Å². The Morgan fingerprint density at radius 1 is 1.22 bits per heavy atom. The van der Waals surface area contributed by atoms with Crippen LogP contribution in [0.2, 0.25) is 0 Å². The number of nitrogens with zero attached hydrogens (tertiary/aromatic N) is 1. The van der Waals surface area contributed by atoms with Crippen LogP contribution in [-0.2, 0) is 16.1 Å². The first-order chi connectivity index (χ1) is 10.9. The lowest BCUT2D eigenvalue weighted by Crippen LogP contribution is -2.42. The van der Waals surface area contributed by atoms with E-state index in [2.05, 4.69) is 5.32 Å². The molecule has 1 fully saturated rings. The highest BCUT2D eigenvalue weighted by molar-refractivity contribution is 5.94. The van der Waals surface area contributed by atoms with Crippen molar-refractivity contribution in [2.24, 2.45) is 5.41 Å². The van der Waals surface area contributed by atoms with E-state index in [1.54, 1.807) is 38.4 Å². The third kappa shape index (κ3) is 3.70. The molecule has 1 aromatic rings. The van der Waals surface area contributed by atoms with E-state index in [-0.39, 0.29) is 18.2 Å². The molecule has 0 heterocycles. The van der Waals surface area contributed by atoms with Crippen LogP contribution in [0.5, 0.6) is 0 Å². The summed E-state index contributed by atoms with van der Waals surface area (Å²) in [6, 6.07) is 7.00. The first-order valence-electron chi connectivity index (χ1n) is 7.66. The summed E-state index contributed by atoms with van der Waals surface area (Å²) in [6.07, 6.45) is 2.06. The number of carbonyl (C=O) groups is 3. The van der Waals surface area contributed by atoms with Gasteiger partial charge in [-0.15, -0.1) is 0 Å². The number of hydrogen-bond donors (Lipinski definition) is 2. The number of carboxylic acid groups (broad SMARTS) is 1. The van der Waals surface area contributed by atoms with Crippen molar-refractivity contribution in [2.75, 3.05) is 14.1 Å². The summed E-state index contributed by atoms with van der Waals surface area (Å²) >= 11 is 0. The van der Waals surface area contributed by atoms with E-state index in [1.165, 1.54) is 4.90 Å². The summed E-state index contributed by atoms with van der Waals surface area (Å²) in [6.45, 7) is 0.391. The molecule has 1 saturated carbocycles. The summed E-state index contributed by atoms with van der Waals surface area (Å²) in [5.74, 6) is -1.20. The monoisotopic (exact) mass is 318 g/mol. The van der Waals surface area contributed by atoms with Crippen LogP contribution in [-0.4, -0.2) is 41.9 Å². The average molecular weight is 318 g/mol. The molecule has 0 spiro atoms. The molecule has 2 N–H and O–H groups in total. The van der Waals surface area contributed by atoms with Crippen LogP contribution in [0, 0.1) is 5.41 Å². The fourth-order valence-corrected chi connectivity index (χ4v) is 2.76. The van der Waals surface area contributed by atoms with Gasteiger partial charge < -0.3 is 15.3 Å². The number of nitrogens with one attached hydrogen (secondary N) is 1. The Bertz CT molecular complexity index is 606. The zero-order valence-corrected chi connectivity index (χ0v) is 13.5. The van der Waals surface area contributed by atoms with E-state index in [0.29, 0.717) is 24.9 Å². The molecule has 1 aliphatic rings. The fourth-order valence-electron chi connectivity index (χ4n) is 2.76. The smallest absolute Gasteiger partial charge is 0.310 e. The minimum atomic E-state index is -0.875. The Kier molecular flexibility index (Phi) is 5.03. The standard InChI is InChI=1S/C17H22N2O4/c1-18-15(21)13-6-4-12(5-7-13)11-19(2)14(20)10-17(16(22)23)8-3-9-17/h4-7H,3,8-11H2,1-2H3,(H,18,21)(H,22,23). The second kappa shape index (κ2) is 6.81. The van der Waals surface area contributed by atoms with Crippen molar-refractivity contribution < 1.29 is 19.5 Å². The van der Waals surface area contributed by atoms with Gasteiger partial charge in [-0.25, -0.2) is 0 Å². The van der Waals surface area contributed by atoms with Gasteiger partial charge >= 0.3 is 5.97 Å². The highest BCUT2D eigenvalue weighted by Gasteiger charge is 2.46. The maximum Gasteiger partial charge on any atom is 0.310 e. The van der Waals surface area contributed by atoms with Crippen LogP contribution in [0.1, 0.15) is 41.6 Å². The van der Waals surface area contributed by atoms with Crippen LogP contribution in [0.15, 0.2) is 24.3 Å². The Labute approximate surface area is 135 Å². The summed E-state index contributed by atoms with van der Waals surface area (Å²) in [5, 5.41) is 11.9. The van der Waals surface area contributed by atoms with Gasteiger partial charge in [0.15, 0.2) is 0 Å². The van der Waals surface area contributed by atoms with Crippen molar-refractivity contribution in [1.29, 1.82) is 0 Å². The van der Waals surface area contributed by atoms with Crippen molar-refractivity contribution in [3.8, 4) is 0 Å². The normalized spacial score (nSPS) is 15.4. The number of benzene rings is 1. The first-order valence-corrected chi connectivity index (χ1v) is 7.66. The van der Waals surface area contributed by atoms with Crippen LogP contribution >= 0.6 is 0 Å². The van der Waals surface area contributed by atoms with Crippen LogP contribution in [0.25, 0.3) is 0 Å². The van der Waals surface area contributed by atoms with E-state index in [0.717, 1.165) is 12.0 Å². The van der Waals surface area contributed by atoms with Gasteiger partial charge in [0, 0.05) is 32.6 Å². The maximum atomic E-state index is 12.3. The SMILES string of the molecule is CNC(=O)c1ccc(CN(C)C(=O)CC2(C(=O)O)CCC2)cc1. The number of aliphatic carboxylic acids is 1. The molecule has 0 aromatic heterocycles. The second-order valence-electron chi connectivity index (χ2n) is 6.14. The zero-order chi connectivity index (χ0) is 17.0. The Balaban J connectivity index is 1.95. The molecule has 0 radical (unpaired) electrons. The van der Waals surface area contributed by atoms with Crippen molar-refractivity contribution in [3.63, 3.8) is 0 Å². The molecule has 1 aliphatic carbocycles. The molecule has 6 heteroatoms. The van der Waals surface area contributed by atoms with Crippen molar-refractivity contribution >= 4 is 17.8 Å². The van der Waals surface area contributed by atoms with E-state index in [9.17, 15) is 19.5 Å². The molecule has 0 bridgehead atoms. The molecular weight excluding hydrogens is 296 g/mol. The van der Waals surface area contributed by atoms with E-state index in [4.69, 9.17) is 0 Å². The molecule has 0 atom stereocenters. The predicted octanol–water partition coefficient (Wildman–Crippen LogP) is 1.65.